The van der Waals surface area contributed by atoms with Crippen LogP contribution >= 0.6 is 0 Å². The van der Waals surface area contributed by atoms with Gasteiger partial charge in [-0.25, -0.2) is 0 Å². The van der Waals surface area contributed by atoms with Gasteiger partial charge in [0.05, 0.1) is 5.56 Å². The summed E-state index contributed by atoms with van der Waals surface area (Å²) in [6.07, 6.45) is -4.43. The molecule has 0 saturated carbocycles. The molecule has 4 heteroatoms. The molecule has 0 saturated heterocycles. The molecule has 0 amide bonds. The third-order valence-electron chi connectivity index (χ3n) is 2.10. The maximum absolute atomic E-state index is 12.7. The van der Waals surface area contributed by atoms with Crippen molar-refractivity contribution in [2.75, 3.05) is 0 Å². The van der Waals surface area contributed by atoms with Gasteiger partial charge in [0, 0.05) is 0 Å². The number of ether oxygens (including phenoxy) is 1. The Morgan fingerprint density at radius 1 is 1.00 bits per heavy atom. The first kappa shape index (κ1) is 11.5. The number of para-hydroxylation sites is 1. The summed E-state index contributed by atoms with van der Waals surface area (Å²) in [5.41, 5.74) is -0.805. The molecule has 2 aromatic carbocycles. The van der Waals surface area contributed by atoms with E-state index >= 15 is 0 Å². The first-order chi connectivity index (χ1) is 8.07. The molecule has 0 bridgehead atoms. The Morgan fingerprint density at radius 3 is 2.35 bits per heavy atom. The van der Waals surface area contributed by atoms with Crippen LogP contribution in [0.25, 0.3) is 0 Å². The highest BCUT2D eigenvalue weighted by Crippen LogP contribution is 2.37. The minimum atomic E-state index is -4.43. The summed E-state index contributed by atoms with van der Waals surface area (Å²) >= 11 is 0. The highest BCUT2D eigenvalue weighted by Gasteiger charge is 2.34. The van der Waals surface area contributed by atoms with E-state index in [0.29, 0.717) is 5.75 Å². The molecule has 0 aliphatic carbocycles. The number of hydrogen-bond acceptors (Lipinski definition) is 1. The topological polar surface area (TPSA) is 9.23 Å². The van der Waals surface area contributed by atoms with Crippen LogP contribution in [0.2, 0.25) is 0 Å². The zero-order valence-corrected chi connectivity index (χ0v) is 8.66. The van der Waals surface area contributed by atoms with Crippen LogP contribution in [0.3, 0.4) is 0 Å². The first-order valence-corrected chi connectivity index (χ1v) is 4.87. The lowest BCUT2D eigenvalue weighted by molar-refractivity contribution is -0.138. The summed E-state index contributed by atoms with van der Waals surface area (Å²) in [5, 5.41) is 0. The number of benzene rings is 2. The Labute approximate surface area is 96.5 Å². The van der Waals surface area contributed by atoms with Crippen LogP contribution in [0.1, 0.15) is 5.56 Å². The van der Waals surface area contributed by atoms with E-state index in [0.717, 1.165) is 6.07 Å². The minimum Gasteiger partial charge on any atom is -0.457 e. The standard InChI is InChI=1S/C13H8F3O/c14-13(15,16)11-8-4-5-9-12(11)17-10-6-2-1-3-7-10/h1-4,6-9H. The number of hydrogen-bond donors (Lipinski definition) is 0. The number of halogens is 3. The molecule has 0 spiro atoms. The van der Waals surface area contributed by atoms with Crippen LogP contribution < -0.4 is 4.74 Å². The van der Waals surface area contributed by atoms with E-state index in [1.165, 1.54) is 12.1 Å². The van der Waals surface area contributed by atoms with Gasteiger partial charge in [-0.2, -0.15) is 13.2 Å². The Hall–Kier alpha value is -1.97. The van der Waals surface area contributed by atoms with Gasteiger partial charge in [-0.15, -0.1) is 0 Å². The molecule has 0 fully saturated rings. The molecule has 0 aliphatic rings. The van der Waals surface area contributed by atoms with Gasteiger partial charge < -0.3 is 4.74 Å². The molecule has 0 atom stereocenters. The number of alkyl halides is 3. The molecule has 0 unspecified atom stereocenters. The van der Waals surface area contributed by atoms with Crippen molar-refractivity contribution in [1.29, 1.82) is 0 Å². The average molecular weight is 237 g/mol. The highest BCUT2D eigenvalue weighted by molar-refractivity contribution is 5.38. The molecule has 17 heavy (non-hydrogen) atoms. The van der Waals surface area contributed by atoms with Gasteiger partial charge in [0.1, 0.15) is 11.5 Å². The third kappa shape index (κ3) is 2.78. The lowest BCUT2D eigenvalue weighted by Gasteiger charge is -2.12. The van der Waals surface area contributed by atoms with E-state index in [9.17, 15) is 13.2 Å². The van der Waals surface area contributed by atoms with Crippen LogP contribution in [0.4, 0.5) is 13.2 Å². The van der Waals surface area contributed by atoms with Crippen molar-refractivity contribution in [2.45, 2.75) is 6.18 Å². The van der Waals surface area contributed by atoms with E-state index in [1.807, 2.05) is 0 Å². The first-order valence-electron chi connectivity index (χ1n) is 4.87. The predicted octanol–water partition coefficient (Wildman–Crippen LogP) is 4.30. The lowest BCUT2D eigenvalue weighted by atomic mass is 10.2. The summed E-state index contributed by atoms with van der Waals surface area (Å²) in [4.78, 5) is 0. The summed E-state index contributed by atoms with van der Waals surface area (Å²) in [6.45, 7) is 0. The molecular weight excluding hydrogens is 229 g/mol. The van der Waals surface area contributed by atoms with Crippen molar-refractivity contribution in [3.63, 3.8) is 0 Å². The molecular formula is C13H8F3O. The Balaban J connectivity index is 2.34. The molecule has 0 N–H and O–H groups in total. The van der Waals surface area contributed by atoms with Gasteiger partial charge >= 0.3 is 6.18 Å². The SMILES string of the molecule is FC(F)(F)c1cc[c]cc1Oc1ccccc1. The Kier molecular flexibility index (Phi) is 3.04. The molecule has 1 nitrogen and oxygen atoms in total. The smallest absolute Gasteiger partial charge is 0.419 e. The highest BCUT2D eigenvalue weighted by atomic mass is 19.4. The largest absolute Gasteiger partial charge is 0.457 e. The van der Waals surface area contributed by atoms with Crippen LogP contribution in [0.5, 0.6) is 11.5 Å². The summed E-state index contributed by atoms with van der Waals surface area (Å²) in [7, 11) is 0. The number of rotatable bonds is 2. The zero-order valence-electron chi connectivity index (χ0n) is 8.66. The van der Waals surface area contributed by atoms with Crippen molar-refractivity contribution >= 4 is 0 Å². The molecule has 2 aromatic rings. The third-order valence-corrected chi connectivity index (χ3v) is 2.10. The molecule has 2 rings (SSSR count). The van der Waals surface area contributed by atoms with Crippen LogP contribution in [-0.4, -0.2) is 0 Å². The predicted molar refractivity (Wildman–Crippen MR) is 56.8 cm³/mol. The average Bonchev–Trinajstić information content (AvgIpc) is 2.30. The quantitative estimate of drug-likeness (QED) is 0.756. The maximum Gasteiger partial charge on any atom is 0.419 e. The minimum absolute atomic E-state index is 0.244. The van der Waals surface area contributed by atoms with Crippen molar-refractivity contribution in [2.24, 2.45) is 0 Å². The van der Waals surface area contributed by atoms with Gasteiger partial charge in [-0.1, -0.05) is 24.3 Å². The van der Waals surface area contributed by atoms with E-state index in [-0.39, 0.29) is 5.75 Å². The maximum atomic E-state index is 12.7. The van der Waals surface area contributed by atoms with E-state index < -0.39 is 11.7 Å². The summed E-state index contributed by atoms with van der Waals surface area (Å²) in [6, 6.07) is 14.2. The molecule has 0 heterocycles. The van der Waals surface area contributed by atoms with Crippen LogP contribution in [0, 0.1) is 6.07 Å². The Morgan fingerprint density at radius 2 is 1.71 bits per heavy atom. The van der Waals surface area contributed by atoms with E-state index in [1.54, 1.807) is 30.3 Å². The fraction of sp³-hybridized carbons (Fsp3) is 0.0769. The Bertz CT molecular complexity index is 492. The lowest BCUT2D eigenvalue weighted by Crippen LogP contribution is -2.06. The van der Waals surface area contributed by atoms with Gasteiger partial charge in [-0.05, 0) is 30.3 Å². The van der Waals surface area contributed by atoms with Crippen LogP contribution in [-0.2, 0) is 6.18 Å². The molecule has 0 aromatic heterocycles. The fourth-order valence-electron chi connectivity index (χ4n) is 1.35. The zero-order chi connectivity index (χ0) is 12.3. The monoisotopic (exact) mass is 237 g/mol. The second kappa shape index (κ2) is 4.49. The summed E-state index contributed by atoms with van der Waals surface area (Å²) in [5.74, 6) is 0.115. The van der Waals surface area contributed by atoms with E-state index in [2.05, 4.69) is 6.07 Å². The van der Waals surface area contributed by atoms with Crippen molar-refractivity contribution in [1.82, 2.24) is 0 Å². The van der Waals surface area contributed by atoms with E-state index in [4.69, 9.17) is 4.74 Å². The van der Waals surface area contributed by atoms with Crippen LogP contribution in [0.15, 0.2) is 48.5 Å². The van der Waals surface area contributed by atoms with Crippen molar-refractivity contribution in [3.8, 4) is 11.5 Å². The van der Waals surface area contributed by atoms with Gasteiger partial charge in [0.2, 0.25) is 0 Å². The van der Waals surface area contributed by atoms with Crippen molar-refractivity contribution < 1.29 is 17.9 Å². The molecule has 0 aliphatic heterocycles. The fourth-order valence-corrected chi connectivity index (χ4v) is 1.35. The van der Waals surface area contributed by atoms with Crippen molar-refractivity contribution in [3.05, 3.63) is 60.2 Å². The van der Waals surface area contributed by atoms with Gasteiger partial charge in [0.15, 0.2) is 0 Å². The summed E-state index contributed by atoms with van der Waals surface area (Å²) < 4.78 is 43.2. The van der Waals surface area contributed by atoms with Gasteiger partial charge in [0.25, 0.3) is 0 Å². The molecule has 1 radical (unpaired) electrons. The van der Waals surface area contributed by atoms with Gasteiger partial charge in [-0.3, -0.25) is 0 Å². The molecule has 87 valence electrons. The normalized spacial score (nSPS) is 11.2. The second-order valence-electron chi connectivity index (χ2n) is 3.34. The second-order valence-corrected chi connectivity index (χ2v) is 3.34.